The van der Waals surface area contributed by atoms with Gasteiger partial charge in [0.2, 0.25) is 0 Å². The van der Waals surface area contributed by atoms with Crippen molar-refractivity contribution in [1.82, 2.24) is 15.2 Å². The molecular weight excluding hydrogens is 405 g/mol. The number of nitrogens with one attached hydrogen (secondary N) is 2. The van der Waals surface area contributed by atoms with Crippen molar-refractivity contribution in [3.63, 3.8) is 0 Å². The second-order valence-electron chi connectivity index (χ2n) is 6.99. The van der Waals surface area contributed by atoms with Crippen LogP contribution < -0.4 is 10.6 Å². The van der Waals surface area contributed by atoms with Gasteiger partial charge in [-0.05, 0) is 45.9 Å². The van der Waals surface area contributed by atoms with Crippen LogP contribution in [0.5, 0.6) is 0 Å². The molecule has 0 saturated carbocycles. The van der Waals surface area contributed by atoms with Gasteiger partial charge in [0.1, 0.15) is 10.7 Å². The molecule has 0 unspecified atom stereocenters. The number of anilines is 1. The Bertz CT molecular complexity index is 865. The van der Waals surface area contributed by atoms with Crippen molar-refractivity contribution >= 4 is 29.0 Å². The van der Waals surface area contributed by atoms with Crippen LogP contribution >= 0.6 is 11.3 Å². The molecule has 0 fully saturated rings. The molecule has 0 aliphatic carbocycles. The number of benzene rings is 1. The minimum atomic E-state index is -4.49. The average molecular weight is 428 g/mol. The highest BCUT2D eigenvalue weighted by atomic mass is 32.1. The van der Waals surface area contributed by atoms with Crippen LogP contribution in [0.3, 0.4) is 0 Å². The molecule has 1 aromatic heterocycles. The Hall–Kier alpha value is -2.62. The summed E-state index contributed by atoms with van der Waals surface area (Å²) >= 11 is 1.24. The van der Waals surface area contributed by atoms with Gasteiger partial charge in [-0.25, -0.2) is 9.78 Å². The molecule has 3 amide bonds. The van der Waals surface area contributed by atoms with E-state index < -0.39 is 17.8 Å². The van der Waals surface area contributed by atoms with Crippen molar-refractivity contribution in [2.24, 2.45) is 0 Å². The molecule has 0 saturated heterocycles. The lowest BCUT2D eigenvalue weighted by Gasteiger charge is -2.26. The molecule has 2 rings (SSSR count). The van der Waals surface area contributed by atoms with Crippen molar-refractivity contribution in [1.29, 1.82) is 0 Å². The van der Waals surface area contributed by atoms with Crippen molar-refractivity contribution < 1.29 is 22.8 Å². The molecular formula is C19H23F3N4O2S. The van der Waals surface area contributed by atoms with Gasteiger partial charge in [-0.3, -0.25) is 4.79 Å². The highest BCUT2D eigenvalue weighted by molar-refractivity contribution is 7.09. The Balaban J connectivity index is 2.11. The molecule has 6 nitrogen and oxygen atoms in total. The minimum Gasteiger partial charge on any atom is -0.349 e. The van der Waals surface area contributed by atoms with E-state index in [1.54, 1.807) is 19.2 Å². The van der Waals surface area contributed by atoms with E-state index in [1.165, 1.54) is 28.4 Å². The standard InChI is InChI=1S/C19H23F3N4O2S/c1-11(2)23-17(27)15-10-29-16(25-15)9-26(12(3)4)18(28)24-14-7-5-6-13(8-14)19(20,21)22/h5-8,10-12H,9H2,1-4H3,(H,23,27)(H,24,28). The van der Waals surface area contributed by atoms with Crippen molar-refractivity contribution in [2.45, 2.75) is 52.5 Å². The van der Waals surface area contributed by atoms with E-state index in [-0.39, 0.29) is 35.9 Å². The summed E-state index contributed by atoms with van der Waals surface area (Å²) in [5.74, 6) is -0.299. The molecule has 10 heteroatoms. The number of hydrogen-bond donors (Lipinski definition) is 2. The second-order valence-corrected chi connectivity index (χ2v) is 7.93. The van der Waals surface area contributed by atoms with E-state index >= 15 is 0 Å². The van der Waals surface area contributed by atoms with Gasteiger partial charge < -0.3 is 15.5 Å². The van der Waals surface area contributed by atoms with Crippen LogP contribution in [0.4, 0.5) is 23.7 Å². The predicted molar refractivity (Wildman–Crippen MR) is 106 cm³/mol. The molecule has 0 bridgehead atoms. The summed E-state index contributed by atoms with van der Waals surface area (Å²) in [5, 5.41) is 7.39. The first kappa shape index (κ1) is 22.7. The number of thiazole rings is 1. The van der Waals surface area contributed by atoms with Crippen LogP contribution in [0.1, 0.15) is 48.8 Å². The zero-order valence-corrected chi connectivity index (χ0v) is 17.3. The van der Waals surface area contributed by atoms with E-state index in [4.69, 9.17) is 0 Å². The third kappa shape index (κ3) is 6.45. The molecule has 0 radical (unpaired) electrons. The predicted octanol–water partition coefficient (Wildman–Crippen LogP) is 4.74. The van der Waals surface area contributed by atoms with E-state index in [0.29, 0.717) is 5.01 Å². The number of hydrogen-bond acceptors (Lipinski definition) is 4. The summed E-state index contributed by atoms with van der Waals surface area (Å²) in [6, 6.07) is 3.63. The molecule has 158 valence electrons. The first-order chi connectivity index (χ1) is 13.5. The molecule has 2 aromatic rings. The number of aromatic nitrogens is 1. The van der Waals surface area contributed by atoms with E-state index in [9.17, 15) is 22.8 Å². The fourth-order valence-corrected chi connectivity index (χ4v) is 3.20. The number of alkyl halides is 3. The van der Waals surface area contributed by atoms with Gasteiger partial charge in [0.15, 0.2) is 0 Å². The third-order valence-electron chi connectivity index (χ3n) is 3.84. The smallest absolute Gasteiger partial charge is 0.349 e. The summed E-state index contributed by atoms with van der Waals surface area (Å²) in [6.07, 6.45) is -4.49. The Kier molecular flexibility index (Phi) is 7.23. The summed E-state index contributed by atoms with van der Waals surface area (Å²) in [5.41, 5.74) is -0.528. The minimum absolute atomic E-state index is 0.0296. The number of urea groups is 1. The zero-order valence-electron chi connectivity index (χ0n) is 16.5. The first-order valence-corrected chi connectivity index (χ1v) is 9.85. The highest BCUT2D eigenvalue weighted by Crippen LogP contribution is 2.30. The van der Waals surface area contributed by atoms with Crippen LogP contribution in [-0.2, 0) is 12.7 Å². The average Bonchev–Trinajstić information content (AvgIpc) is 3.07. The highest BCUT2D eigenvalue weighted by Gasteiger charge is 2.30. The number of carbonyl (C=O) groups is 2. The van der Waals surface area contributed by atoms with Gasteiger partial charge in [-0.2, -0.15) is 13.2 Å². The van der Waals surface area contributed by atoms with Gasteiger partial charge in [-0.1, -0.05) is 6.07 Å². The lowest BCUT2D eigenvalue weighted by atomic mass is 10.2. The Morgan fingerprint density at radius 3 is 2.48 bits per heavy atom. The largest absolute Gasteiger partial charge is 0.416 e. The number of rotatable bonds is 6. The maximum absolute atomic E-state index is 12.9. The second kappa shape index (κ2) is 9.25. The number of carbonyl (C=O) groups excluding carboxylic acids is 2. The molecule has 0 aliphatic heterocycles. The summed E-state index contributed by atoms with van der Waals surface area (Å²) in [7, 11) is 0. The fourth-order valence-electron chi connectivity index (χ4n) is 2.43. The first-order valence-electron chi connectivity index (χ1n) is 8.97. The number of amides is 3. The molecule has 0 atom stereocenters. The Labute approximate surface area is 171 Å². The molecule has 29 heavy (non-hydrogen) atoms. The van der Waals surface area contributed by atoms with Gasteiger partial charge in [0.05, 0.1) is 12.1 Å². The molecule has 1 aromatic carbocycles. The topological polar surface area (TPSA) is 74.3 Å². The zero-order chi connectivity index (χ0) is 21.8. The Morgan fingerprint density at radius 1 is 1.21 bits per heavy atom. The third-order valence-corrected chi connectivity index (χ3v) is 4.67. The van der Waals surface area contributed by atoms with Gasteiger partial charge in [0, 0.05) is 23.2 Å². The fraction of sp³-hybridized carbons (Fsp3) is 0.421. The molecule has 0 spiro atoms. The monoisotopic (exact) mass is 428 g/mol. The number of halogens is 3. The van der Waals surface area contributed by atoms with Gasteiger partial charge in [-0.15, -0.1) is 11.3 Å². The summed E-state index contributed by atoms with van der Waals surface area (Å²) < 4.78 is 38.6. The van der Waals surface area contributed by atoms with Crippen LogP contribution in [0, 0.1) is 0 Å². The summed E-state index contributed by atoms with van der Waals surface area (Å²) in [6.45, 7) is 7.37. The molecule has 1 heterocycles. The maximum atomic E-state index is 12.9. The van der Waals surface area contributed by atoms with Crippen LogP contribution in [0.15, 0.2) is 29.6 Å². The van der Waals surface area contributed by atoms with Crippen LogP contribution in [0.25, 0.3) is 0 Å². The lowest BCUT2D eigenvalue weighted by molar-refractivity contribution is -0.137. The SMILES string of the molecule is CC(C)NC(=O)c1csc(CN(C(=O)Nc2cccc(C(F)(F)F)c2)C(C)C)n1. The van der Waals surface area contributed by atoms with E-state index in [1.807, 2.05) is 13.8 Å². The molecule has 0 aliphatic rings. The van der Waals surface area contributed by atoms with E-state index in [0.717, 1.165) is 12.1 Å². The molecule has 2 N–H and O–H groups in total. The van der Waals surface area contributed by atoms with Crippen LogP contribution in [-0.4, -0.2) is 33.9 Å². The Morgan fingerprint density at radius 2 is 1.90 bits per heavy atom. The van der Waals surface area contributed by atoms with Crippen molar-refractivity contribution in [3.8, 4) is 0 Å². The van der Waals surface area contributed by atoms with Crippen LogP contribution in [0.2, 0.25) is 0 Å². The van der Waals surface area contributed by atoms with Crippen molar-refractivity contribution in [3.05, 3.63) is 45.9 Å². The maximum Gasteiger partial charge on any atom is 0.416 e. The lowest BCUT2D eigenvalue weighted by Crippen LogP contribution is -2.39. The number of nitrogens with zero attached hydrogens (tertiary/aromatic N) is 2. The van der Waals surface area contributed by atoms with E-state index in [2.05, 4.69) is 15.6 Å². The van der Waals surface area contributed by atoms with Gasteiger partial charge >= 0.3 is 12.2 Å². The quantitative estimate of drug-likeness (QED) is 0.698. The summed E-state index contributed by atoms with van der Waals surface area (Å²) in [4.78, 5) is 30.4. The normalized spacial score (nSPS) is 11.6. The van der Waals surface area contributed by atoms with Gasteiger partial charge in [0.25, 0.3) is 5.91 Å². The van der Waals surface area contributed by atoms with Crippen molar-refractivity contribution in [2.75, 3.05) is 5.32 Å².